The van der Waals surface area contributed by atoms with E-state index in [1.165, 1.54) is 0 Å². The molecule has 2 aliphatic rings. The molecule has 0 radical (unpaired) electrons. The smallest absolute Gasteiger partial charge is 0.178 e. The molecular formula is C20H28O7S. The van der Waals surface area contributed by atoms with Crippen LogP contribution in [0.1, 0.15) is 39.7 Å². The molecule has 7 nitrogen and oxygen atoms in total. The summed E-state index contributed by atoms with van der Waals surface area (Å²) in [6.07, 6.45) is -2.16. The Labute approximate surface area is 166 Å². The van der Waals surface area contributed by atoms with Gasteiger partial charge in [-0.2, -0.15) is 0 Å². The molecule has 0 bridgehead atoms. The van der Waals surface area contributed by atoms with Gasteiger partial charge in [-0.15, -0.1) is 0 Å². The number of carbonyl (C=O) groups excluding carboxylic acids is 1. The van der Waals surface area contributed by atoms with Crippen molar-refractivity contribution < 1.29 is 32.2 Å². The summed E-state index contributed by atoms with van der Waals surface area (Å²) < 4.78 is 48.2. The lowest BCUT2D eigenvalue weighted by Crippen LogP contribution is -2.42. The zero-order valence-corrected chi connectivity index (χ0v) is 17.7. The van der Waals surface area contributed by atoms with E-state index in [2.05, 4.69) is 0 Å². The number of carbonyl (C=O) groups is 1. The van der Waals surface area contributed by atoms with Crippen LogP contribution in [0.4, 0.5) is 0 Å². The van der Waals surface area contributed by atoms with Gasteiger partial charge in [-0.1, -0.05) is 17.7 Å². The third kappa shape index (κ3) is 4.80. The van der Waals surface area contributed by atoms with E-state index in [0.29, 0.717) is 0 Å². The van der Waals surface area contributed by atoms with Crippen molar-refractivity contribution in [3.05, 3.63) is 29.8 Å². The van der Waals surface area contributed by atoms with Gasteiger partial charge in [0.2, 0.25) is 0 Å². The van der Waals surface area contributed by atoms with E-state index in [-0.39, 0.29) is 29.5 Å². The Kier molecular flexibility index (Phi) is 5.73. The molecule has 1 aromatic rings. The Morgan fingerprint density at radius 3 is 2.25 bits per heavy atom. The van der Waals surface area contributed by atoms with Crippen molar-refractivity contribution in [1.82, 2.24) is 0 Å². The minimum atomic E-state index is -3.56. The van der Waals surface area contributed by atoms with Gasteiger partial charge in [-0.3, -0.25) is 4.79 Å². The minimum Gasteiger partial charge on any atom is -0.348 e. The number of aryl methyl sites for hydroxylation is 1. The first-order valence-electron chi connectivity index (χ1n) is 9.38. The summed E-state index contributed by atoms with van der Waals surface area (Å²) >= 11 is 0. The lowest BCUT2D eigenvalue weighted by atomic mass is 10.0. The number of benzene rings is 1. The van der Waals surface area contributed by atoms with E-state index in [1.807, 2.05) is 6.92 Å². The lowest BCUT2D eigenvalue weighted by Gasteiger charge is -2.23. The van der Waals surface area contributed by atoms with Gasteiger partial charge < -0.3 is 18.9 Å². The Morgan fingerprint density at radius 2 is 1.68 bits per heavy atom. The van der Waals surface area contributed by atoms with E-state index < -0.39 is 39.7 Å². The molecule has 0 saturated carbocycles. The Bertz CT molecular complexity index is 827. The standard InChI is InChI=1S/C20H28O7S/c1-13-6-8-14(9-7-13)28(22,23)11-10-15(21)17-18(27-20(4,5)26-17)16-12-24-19(2,3)25-16/h6-9,16-18H,10-12H2,1-5H3/t16-,17-,18-/m1/s1. The third-order valence-electron chi connectivity index (χ3n) is 4.84. The van der Waals surface area contributed by atoms with E-state index in [9.17, 15) is 13.2 Å². The highest BCUT2D eigenvalue weighted by molar-refractivity contribution is 7.91. The highest BCUT2D eigenvalue weighted by Crippen LogP contribution is 2.36. The average molecular weight is 413 g/mol. The summed E-state index contributed by atoms with van der Waals surface area (Å²) in [5.74, 6) is -2.32. The van der Waals surface area contributed by atoms with Crippen LogP contribution in [0.15, 0.2) is 29.2 Å². The van der Waals surface area contributed by atoms with Gasteiger partial charge in [-0.05, 0) is 46.8 Å². The second-order valence-electron chi connectivity index (χ2n) is 8.24. The van der Waals surface area contributed by atoms with Gasteiger partial charge in [0.1, 0.15) is 18.3 Å². The summed E-state index contributed by atoms with van der Waals surface area (Å²) in [6, 6.07) is 6.59. The molecule has 0 unspecified atom stereocenters. The third-order valence-corrected chi connectivity index (χ3v) is 6.57. The fourth-order valence-corrected chi connectivity index (χ4v) is 4.68. The van der Waals surface area contributed by atoms with Crippen LogP contribution >= 0.6 is 0 Å². The van der Waals surface area contributed by atoms with Crippen LogP contribution in [-0.2, 0) is 33.6 Å². The van der Waals surface area contributed by atoms with Crippen LogP contribution in [0.3, 0.4) is 0 Å². The minimum absolute atomic E-state index is 0.159. The number of hydrogen-bond acceptors (Lipinski definition) is 7. The van der Waals surface area contributed by atoms with Gasteiger partial charge in [0.15, 0.2) is 27.2 Å². The molecule has 156 valence electrons. The Hall–Kier alpha value is -1.32. The van der Waals surface area contributed by atoms with Crippen molar-refractivity contribution in [3.63, 3.8) is 0 Å². The number of rotatable bonds is 6. The Balaban J connectivity index is 1.69. The lowest BCUT2D eigenvalue weighted by molar-refractivity contribution is -0.175. The summed E-state index contributed by atoms with van der Waals surface area (Å²) in [5, 5.41) is 0. The maximum absolute atomic E-state index is 12.8. The van der Waals surface area contributed by atoms with Crippen LogP contribution in [0, 0.1) is 6.92 Å². The van der Waals surface area contributed by atoms with Crippen molar-refractivity contribution in [2.75, 3.05) is 12.4 Å². The van der Waals surface area contributed by atoms with Gasteiger partial charge >= 0.3 is 0 Å². The molecule has 28 heavy (non-hydrogen) atoms. The first kappa shape index (κ1) is 21.4. The normalized spacial score (nSPS) is 29.1. The van der Waals surface area contributed by atoms with Gasteiger partial charge in [0, 0.05) is 6.42 Å². The monoisotopic (exact) mass is 412 g/mol. The van der Waals surface area contributed by atoms with E-state index in [4.69, 9.17) is 18.9 Å². The summed E-state index contributed by atoms with van der Waals surface area (Å²) in [5.41, 5.74) is 0.971. The first-order valence-corrected chi connectivity index (χ1v) is 11.0. The molecule has 8 heteroatoms. The highest BCUT2D eigenvalue weighted by atomic mass is 32.2. The maximum atomic E-state index is 12.8. The van der Waals surface area contributed by atoms with Crippen LogP contribution in [0.2, 0.25) is 0 Å². The molecule has 2 aliphatic heterocycles. The largest absolute Gasteiger partial charge is 0.348 e. The molecule has 0 amide bonds. The Morgan fingerprint density at radius 1 is 1.04 bits per heavy atom. The topological polar surface area (TPSA) is 88.1 Å². The molecule has 0 aliphatic carbocycles. The first-order chi connectivity index (χ1) is 12.9. The number of ether oxygens (including phenoxy) is 4. The SMILES string of the molecule is Cc1ccc(S(=O)(=O)CCC(=O)[C@H]2OC(C)(C)O[C@@H]2[C@H]2COC(C)(C)O2)cc1. The molecule has 0 aromatic heterocycles. The molecule has 3 atom stereocenters. The van der Waals surface area contributed by atoms with Crippen LogP contribution < -0.4 is 0 Å². The molecule has 0 N–H and O–H groups in total. The van der Waals surface area contributed by atoms with Gasteiger partial charge in [0.05, 0.1) is 17.3 Å². The van der Waals surface area contributed by atoms with E-state index >= 15 is 0 Å². The zero-order valence-electron chi connectivity index (χ0n) is 16.9. The molecule has 3 rings (SSSR count). The molecular weight excluding hydrogens is 384 g/mol. The second kappa shape index (κ2) is 7.50. The zero-order chi connectivity index (χ0) is 20.7. The van der Waals surface area contributed by atoms with Gasteiger partial charge in [-0.25, -0.2) is 8.42 Å². The molecule has 2 saturated heterocycles. The maximum Gasteiger partial charge on any atom is 0.178 e. The van der Waals surface area contributed by atoms with Crippen molar-refractivity contribution >= 4 is 15.6 Å². The van der Waals surface area contributed by atoms with Crippen molar-refractivity contribution in [2.45, 2.75) is 75.8 Å². The summed E-state index contributed by atoms with van der Waals surface area (Å²) in [7, 11) is -3.56. The van der Waals surface area contributed by atoms with E-state index in [1.54, 1.807) is 52.0 Å². The highest BCUT2D eigenvalue weighted by Gasteiger charge is 2.52. The quantitative estimate of drug-likeness (QED) is 0.709. The predicted molar refractivity (Wildman–Crippen MR) is 102 cm³/mol. The second-order valence-corrected chi connectivity index (χ2v) is 10.3. The fraction of sp³-hybridized carbons (Fsp3) is 0.650. The molecule has 2 fully saturated rings. The van der Waals surface area contributed by atoms with Crippen LogP contribution in [0.25, 0.3) is 0 Å². The number of sulfone groups is 1. The van der Waals surface area contributed by atoms with E-state index in [0.717, 1.165) is 5.56 Å². The van der Waals surface area contributed by atoms with Gasteiger partial charge in [0.25, 0.3) is 0 Å². The average Bonchev–Trinajstić information content (AvgIpc) is 3.12. The van der Waals surface area contributed by atoms with Crippen molar-refractivity contribution in [3.8, 4) is 0 Å². The predicted octanol–water partition coefficient (Wildman–Crippen LogP) is 2.40. The van der Waals surface area contributed by atoms with Crippen LogP contribution in [-0.4, -0.2) is 56.4 Å². The molecule has 2 heterocycles. The van der Waals surface area contributed by atoms with Crippen molar-refractivity contribution in [2.24, 2.45) is 0 Å². The fourth-order valence-electron chi connectivity index (χ4n) is 3.43. The van der Waals surface area contributed by atoms with Crippen molar-refractivity contribution in [1.29, 1.82) is 0 Å². The number of Topliss-reactive ketones (excluding diaryl/α,β-unsaturated/α-hetero) is 1. The number of ketones is 1. The summed E-state index contributed by atoms with van der Waals surface area (Å²) in [6.45, 7) is 9.18. The van der Waals surface area contributed by atoms with Crippen LogP contribution in [0.5, 0.6) is 0 Å². The number of hydrogen-bond donors (Lipinski definition) is 0. The molecule has 0 spiro atoms. The summed E-state index contributed by atoms with van der Waals surface area (Å²) in [4.78, 5) is 13.0. The molecule has 1 aromatic carbocycles.